The van der Waals surface area contributed by atoms with Gasteiger partial charge in [-0.2, -0.15) is 0 Å². The average Bonchev–Trinajstić information content (AvgIpc) is 3.56. The maximum Gasteiger partial charge on any atom is 0.495 e. The third kappa shape index (κ3) is 4.14. The Labute approximate surface area is 269 Å². The maximum atomic E-state index is 6.46. The predicted octanol–water partition coefficient (Wildman–Crippen LogP) is 10.5. The molecule has 0 saturated carbocycles. The second-order valence-corrected chi connectivity index (χ2v) is 13.8. The predicted molar refractivity (Wildman–Crippen MR) is 193 cm³/mol. The maximum absolute atomic E-state index is 6.46. The molecular formula is C42H35BO3. The fourth-order valence-electron chi connectivity index (χ4n) is 7.41. The van der Waals surface area contributed by atoms with Crippen LogP contribution < -0.4 is 5.46 Å². The Morgan fingerprint density at radius 3 is 1.93 bits per heavy atom. The lowest BCUT2D eigenvalue weighted by Gasteiger charge is -2.32. The summed E-state index contributed by atoms with van der Waals surface area (Å²) in [6.07, 6.45) is 6.84. The van der Waals surface area contributed by atoms with Gasteiger partial charge in [0.1, 0.15) is 11.2 Å². The lowest BCUT2D eigenvalue weighted by atomic mass is 9.76. The molecule has 6 aromatic carbocycles. The first-order valence-corrected chi connectivity index (χ1v) is 16.3. The molecule has 1 aromatic heterocycles. The van der Waals surface area contributed by atoms with Crippen LogP contribution in [0.15, 0.2) is 114 Å². The molecule has 0 atom stereocenters. The van der Waals surface area contributed by atoms with Crippen molar-refractivity contribution in [2.45, 2.75) is 51.7 Å². The first-order valence-electron chi connectivity index (χ1n) is 16.3. The van der Waals surface area contributed by atoms with E-state index in [9.17, 15) is 0 Å². The van der Waals surface area contributed by atoms with Gasteiger partial charge < -0.3 is 13.7 Å². The Morgan fingerprint density at radius 2 is 1.20 bits per heavy atom. The van der Waals surface area contributed by atoms with Crippen LogP contribution in [0.3, 0.4) is 0 Å². The summed E-state index contributed by atoms with van der Waals surface area (Å²) in [5.41, 5.74) is 9.49. The molecule has 0 bridgehead atoms. The first-order chi connectivity index (χ1) is 22.3. The van der Waals surface area contributed by atoms with Gasteiger partial charge in [0.15, 0.2) is 0 Å². The van der Waals surface area contributed by atoms with Crippen LogP contribution in [0.2, 0.25) is 0 Å². The molecule has 1 aliphatic carbocycles. The minimum absolute atomic E-state index is 0.416. The van der Waals surface area contributed by atoms with Crippen LogP contribution >= 0.6 is 0 Å². The second-order valence-electron chi connectivity index (χ2n) is 13.8. The summed E-state index contributed by atoms with van der Waals surface area (Å²) in [6, 6.07) is 37.4. The highest BCUT2D eigenvalue weighted by molar-refractivity contribution is 6.66. The molecule has 0 radical (unpaired) electrons. The monoisotopic (exact) mass is 598 g/mol. The molecule has 1 aliphatic heterocycles. The van der Waals surface area contributed by atoms with Gasteiger partial charge in [0.2, 0.25) is 0 Å². The molecule has 9 rings (SSSR count). The van der Waals surface area contributed by atoms with Crippen LogP contribution in [0.4, 0.5) is 0 Å². The zero-order valence-electron chi connectivity index (χ0n) is 26.7. The van der Waals surface area contributed by atoms with Gasteiger partial charge in [0.25, 0.3) is 0 Å². The lowest BCUT2D eigenvalue weighted by molar-refractivity contribution is 0.00578. The van der Waals surface area contributed by atoms with Gasteiger partial charge in [-0.25, -0.2) is 0 Å². The van der Waals surface area contributed by atoms with Crippen molar-refractivity contribution >= 4 is 62.1 Å². The third-order valence-electron chi connectivity index (χ3n) is 10.6. The van der Waals surface area contributed by atoms with E-state index in [0.29, 0.717) is 0 Å². The van der Waals surface area contributed by atoms with Crippen molar-refractivity contribution in [2.75, 3.05) is 0 Å². The minimum atomic E-state index is -0.460. The molecule has 4 heteroatoms. The van der Waals surface area contributed by atoms with E-state index in [1.54, 1.807) is 0 Å². The van der Waals surface area contributed by atoms with Crippen LogP contribution in [-0.4, -0.2) is 18.3 Å². The van der Waals surface area contributed by atoms with E-state index in [1.807, 2.05) is 12.1 Å². The number of fused-ring (bicyclic) bond motifs is 9. The quantitative estimate of drug-likeness (QED) is 0.150. The van der Waals surface area contributed by atoms with E-state index in [4.69, 9.17) is 13.7 Å². The van der Waals surface area contributed by atoms with Gasteiger partial charge in [0, 0.05) is 10.8 Å². The van der Waals surface area contributed by atoms with Gasteiger partial charge in [-0.05, 0) is 125 Å². The number of aryl methyl sites for hydroxylation is 1. The molecular weight excluding hydrogens is 563 g/mol. The number of hydrogen-bond donors (Lipinski definition) is 0. The third-order valence-corrected chi connectivity index (χ3v) is 10.6. The largest absolute Gasteiger partial charge is 0.495 e. The van der Waals surface area contributed by atoms with Crippen LogP contribution in [0.1, 0.15) is 45.2 Å². The van der Waals surface area contributed by atoms with Crippen LogP contribution in [0.5, 0.6) is 0 Å². The van der Waals surface area contributed by atoms with E-state index < -0.39 is 18.3 Å². The highest BCUT2D eigenvalue weighted by Crippen LogP contribution is 2.40. The van der Waals surface area contributed by atoms with Crippen molar-refractivity contribution < 1.29 is 13.7 Å². The zero-order chi connectivity index (χ0) is 31.2. The summed E-state index contributed by atoms with van der Waals surface area (Å²) in [5.74, 6) is 0. The summed E-state index contributed by atoms with van der Waals surface area (Å²) < 4.78 is 19.2. The zero-order valence-corrected chi connectivity index (χ0v) is 26.7. The second kappa shape index (κ2) is 9.93. The van der Waals surface area contributed by atoms with Crippen LogP contribution in [0.25, 0.3) is 71.8 Å². The van der Waals surface area contributed by atoms with Crippen molar-refractivity contribution in [1.82, 2.24) is 0 Å². The number of hydrogen-bond acceptors (Lipinski definition) is 3. The summed E-state index contributed by atoms with van der Waals surface area (Å²) in [5, 5.41) is 7.51. The molecule has 46 heavy (non-hydrogen) atoms. The molecule has 3 nitrogen and oxygen atoms in total. The molecule has 1 fully saturated rings. The highest BCUT2D eigenvalue weighted by Gasteiger charge is 2.52. The smallest absolute Gasteiger partial charge is 0.456 e. The van der Waals surface area contributed by atoms with Crippen LogP contribution in [0, 0.1) is 0 Å². The van der Waals surface area contributed by atoms with Gasteiger partial charge in [-0.1, -0.05) is 91.0 Å². The molecule has 0 spiro atoms. The van der Waals surface area contributed by atoms with Gasteiger partial charge in [-0.15, -0.1) is 0 Å². The number of rotatable bonds is 3. The lowest BCUT2D eigenvalue weighted by Crippen LogP contribution is -2.41. The van der Waals surface area contributed by atoms with Gasteiger partial charge >= 0.3 is 7.12 Å². The molecule has 7 aromatic rings. The molecule has 224 valence electrons. The van der Waals surface area contributed by atoms with Crippen molar-refractivity contribution in [3.8, 4) is 22.3 Å². The molecule has 2 heterocycles. The standard InChI is InChI=1S/C42H35BO3/c1-41(2)42(3,4)46-43(45-41)37-14-9-15-39-40(37)36-25-29(21-23-38(36)44-39)27-18-16-26(17-19-27)28-20-22-34-32-12-6-5-10-30(32)31-11-7-8-13-33(31)35(34)24-28/h5-6,8-10,12-25H,7,11H2,1-4H3. The molecule has 2 aliphatic rings. The first kappa shape index (κ1) is 27.7. The average molecular weight is 599 g/mol. The summed E-state index contributed by atoms with van der Waals surface area (Å²) in [7, 11) is -0.460. The van der Waals surface area contributed by atoms with E-state index in [-0.39, 0.29) is 0 Å². The van der Waals surface area contributed by atoms with Crippen molar-refractivity contribution in [3.05, 3.63) is 120 Å². The number of allylic oxidation sites excluding steroid dienone is 1. The molecule has 0 unspecified atom stereocenters. The fraction of sp³-hybridized carbons (Fsp3) is 0.190. The number of furan rings is 1. The van der Waals surface area contributed by atoms with Crippen LogP contribution in [-0.2, 0) is 15.7 Å². The van der Waals surface area contributed by atoms with Gasteiger partial charge in [0.05, 0.1) is 11.2 Å². The summed E-state index contributed by atoms with van der Waals surface area (Å²) in [6.45, 7) is 8.36. The van der Waals surface area contributed by atoms with E-state index >= 15 is 0 Å². The van der Waals surface area contributed by atoms with Crippen molar-refractivity contribution in [2.24, 2.45) is 0 Å². The SMILES string of the molecule is CC1(C)OB(c2cccc3oc4ccc(-c5ccc(-c6ccc7c(c6)c6c(c8ccccc87)CCC=C6)cc5)cc4c23)OC1(C)C. The van der Waals surface area contributed by atoms with E-state index in [1.165, 1.54) is 49.4 Å². The summed E-state index contributed by atoms with van der Waals surface area (Å²) >= 11 is 0. The topological polar surface area (TPSA) is 31.6 Å². The molecule has 0 amide bonds. The molecule has 1 saturated heterocycles. The Bertz CT molecular complexity index is 2360. The fourth-order valence-corrected chi connectivity index (χ4v) is 7.41. The van der Waals surface area contributed by atoms with Gasteiger partial charge in [-0.3, -0.25) is 0 Å². The molecule has 0 N–H and O–H groups in total. The minimum Gasteiger partial charge on any atom is -0.456 e. The Kier molecular flexibility index (Phi) is 5.97. The van der Waals surface area contributed by atoms with Crippen molar-refractivity contribution in [1.29, 1.82) is 0 Å². The normalized spacial score (nSPS) is 17.0. The Morgan fingerprint density at radius 1 is 0.565 bits per heavy atom. The highest BCUT2D eigenvalue weighted by atomic mass is 16.7. The number of benzene rings is 6. The Balaban J connectivity index is 1.10. The van der Waals surface area contributed by atoms with Crippen molar-refractivity contribution in [3.63, 3.8) is 0 Å². The summed E-state index contributed by atoms with van der Waals surface area (Å²) in [4.78, 5) is 0. The Hall–Kier alpha value is -4.64. The van der Waals surface area contributed by atoms with E-state index in [2.05, 4.69) is 131 Å². The van der Waals surface area contributed by atoms with E-state index in [0.717, 1.165) is 45.8 Å².